The van der Waals surface area contributed by atoms with E-state index in [1.54, 1.807) is 11.8 Å². The SMILES string of the molecule is CCC(CSC)N(C)C(=O)C1(C(N)=S)CC(C)C1. The summed E-state index contributed by atoms with van der Waals surface area (Å²) in [5.41, 5.74) is 5.27. The Balaban J connectivity index is 2.81. The summed E-state index contributed by atoms with van der Waals surface area (Å²) in [6, 6.07) is 0.273. The number of thioether (sulfide) groups is 1. The Bertz CT molecular complexity index is 327. The predicted octanol–water partition coefficient (Wildman–Crippen LogP) is 2.29. The van der Waals surface area contributed by atoms with Gasteiger partial charge in [0, 0.05) is 18.8 Å². The van der Waals surface area contributed by atoms with Crippen LogP contribution in [-0.2, 0) is 4.79 Å². The van der Waals surface area contributed by atoms with Gasteiger partial charge in [-0.2, -0.15) is 11.8 Å². The molecule has 104 valence electrons. The molecule has 1 aliphatic carbocycles. The van der Waals surface area contributed by atoms with E-state index in [-0.39, 0.29) is 11.9 Å². The van der Waals surface area contributed by atoms with Gasteiger partial charge in [0.15, 0.2) is 0 Å². The molecule has 2 N–H and O–H groups in total. The molecule has 3 nitrogen and oxygen atoms in total. The van der Waals surface area contributed by atoms with Gasteiger partial charge < -0.3 is 10.6 Å². The summed E-state index contributed by atoms with van der Waals surface area (Å²) in [7, 11) is 1.88. The van der Waals surface area contributed by atoms with Crippen molar-refractivity contribution in [2.45, 2.75) is 39.2 Å². The van der Waals surface area contributed by atoms with Gasteiger partial charge in [-0.05, 0) is 31.4 Å². The number of carbonyl (C=O) groups is 1. The van der Waals surface area contributed by atoms with E-state index < -0.39 is 5.41 Å². The molecule has 0 spiro atoms. The molecule has 18 heavy (non-hydrogen) atoms. The van der Waals surface area contributed by atoms with Crippen molar-refractivity contribution in [1.82, 2.24) is 4.90 Å². The van der Waals surface area contributed by atoms with Gasteiger partial charge in [0.05, 0.1) is 10.4 Å². The van der Waals surface area contributed by atoms with Crippen LogP contribution in [0.2, 0.25) is 0 Å². The first-order valence-corrected chi connectivity index (χ1v) is 8.25. The normalized spacial score (nSPS) is 28.3. The summed E-state index contributed by atoms with van der Waals surface area (Å²) in [4.78, 5) is 14.9. The second-order valence-corrected chi connectivity index (χ2v) is 6.74. The highest BCUT2D eigenvalue weighted by molar-refractivity contribution is 7.98. The van der Waals surface area contributed by atoms with Gasteiger partial charge in [-0.3, -0.25) is 4.79 Å². The van der Waals surface area contributed by atoms with E-state index in [1.165, 1.54) is 0 Å². The fourth-order valence-corrected chi connectivity index (χ4v) is 3.91. The third kappa shape index (κ3) is 2.82. The number of hydrogen-bond donors (Lipinski definition) is 1. The molecule has 1 unspecified atom stereocenters. The van der Waals surface area contributed by atoms with Crippen LogP contribution in [0.15, 0.2) is 0 Å². The maximum Gasteiger partial charge on any atom is 0.235 e. The molecule has 0 bridgehead atoms. The molecular weight excluding hydrogens is 264 g/mol. The van der Waals surface area contributed by atoms with Crippen molar-refractivity contribution < 1.29 is 4.79 Å². The lowest BCUT2D eigenvalue weighted by atomic mass is 9.61. The van der Waals surface area contributed by atoms with Crippen LogP contribution >= 0.6 is 24.0 Å². The molecule has 5 heteroatoms. The van der Waals surface area contributed by atoms with Crippen molar-refractivity contribution in [3.63, 3.8) is 0 Å². The number of amides is 1. The van der Waals surface area contributed by atoms with E-state index in [0.717, 1.165) is 25.0 Å². The highest BCUT2D eigenvalue weighted by atomic mass is 32.2. The van der Waals surface area contributed by atoms with Gasteiger partial charge in [0.25, 0.3) is 0 Å². The van der Waals surface area contributed by atoms with Crippen LogP contribution in [0.4, 0.5) is 0 Å². The van der Waals surface area contributed by atoms with Gasteiger partial charge >= 0.3 is 0 Å². The maximum atomic E-state index is 12.7. The zero-order chi connectivity index (χ0) is 13.9. The van der Waals surface area contributed by atoms with E-state index in [4.69, 9.17) is 18.0 Å². The molecule has 1 amide bonds. The summed E-state index contributed by atoms with van der Waals surface area (Å²) in [5.74, 6) is 1.63. The molecule has 0 saturated heterocycles. The smallest absolute Gasteiger partial charge is 0.235 e. The highest BCUT2D eigenvalue weighted by Crippen LogP contribution is 2.47. The second kappa shape index (κ2) is 6.24. The van der Waals surface area contributed by atoms with E-state index in [9.17, 15) is 4.79 Å². The standard InChI is InChI=1S/C13H24N2OS2/c1-5-10(8-18-4)15(3)12(16)13(11(14)17)6-9(2)7-13/h9-10H,5-8H2,1-4H3,(H2,14,17). The minimum absolute atomic E-state index is 0.119. The van der Waals surface area contributed by atoms with E-state index >= 15 is 0 Å². The van der Waals surface area contributed by atoms with Crippen LogP contribution < -0.4 is 5.73 Å². The molecule has 1 fully saturated rings. The lowest BCUT2D eigenvalue weighted by Gasteiger charge is -2.47. The summed E-state index contributed by atoms with van der Waals surface area (Å²) < 4.78 is 0. The first-order valence-electron chi connectivity index (χ1n) is 6.45. The molecule has 0 aromatic rings. The number of carbonyl (C=O) groups excluding carboxylic acids is 1. The van der Waals surface area contributed by atoms with Crippen LogP contribution in [0, 0.1) is 11.3 Å². The largest absolute Gasteiger partial charge is 0.392 e. The average Bonchev–Trinajstić information content (AvgIpc) is 2.29. The minimum atomic E-state index is -0.560. The summed E-state index contributed by atoms with van der Waals surface area (Å²) in [5, 5.41) is 0. The van der Waals surface area contributed by atoms with Crippen LogP contribution in [0.1, 0.15) is 33.1 Å². The Hall–Kier alpha value is -0.290. The Morgan fingerprint density at radius 1 is 1.61 bits per heavy atom. The van der Waals surface area contributed by atoms with E-state index in [0.29, 0.717) is 10.9 Å². The topological polar surface area (TPSA) is 46.3 Å². The number of nitrogens with zero attached hydrogens (tertiary/aromatic N) is 1. The van der Waals surface area contributed by atoms with Crippen LogP contribution in [0.5, 0.6) is 0 Å². The average molecular weight is 288 g/mol. The van der Waals surface area contributed by atoms with E-state index in [2.05, 4.69) is 20.1 Å². The number of rotatable bonds is 6. The summed E-state index contributed by atoms with van der Waals surface area (Å²) >= 11 is 6.91. The van der Waals surface area contributed by atoms with Crippen molar-refractivity contribution in [3.8, 4) is 0 Å². The molecule has 0 heterocycles. The zero-order valence-electron chi connectivity index (χ0n) is 11.7. The second-order valence-electron chi connectivity index (χ2n) is 5.39. The molecule has 0 aliphatic heterocycles. The van der Waals surface area contributed by atoms with Crippen molar-refractivity contribution in [2.75, 3.05) is 19.1 Å². The molecule has 1 aliphatic rings. The van der Waals surface area contributed by atoms with Gasteiger partial charge in [-0.25, -0.2) is 0 Å². The molecule has 1 rings (SSSR count). The van der Waals surface area contributed by atoms with Crippen molar-refractivity contribution in [2.24, 2.45) is 17.1 Å². The summed E-state index contributed by atoms with van der Waals surface area (Å²) in [6.45, 7) is 4.25. The van der Waals surface area contributed by atoms with Gasteiger partial charge in [0.1, 0.15) is 0 Å². The van der Waals surface area contributed by atoms with Gasteiger partial charge in [-0.15, -0.1) is 0 Å². The van der Waals surface area contributed by atoms with Crippen LogP contribution in [0.3, 0.4) is 0 Å². The fourth-order valence-electron chi connectivity index (χ4n) is 2.81. The fraction of sp³-hybridized carbons (Fsp3) is 0.846. The lowest BCUT2D eigenvalue weighted by Crippen LogP contribution is -2.58. The molecule has 1 saturated carbocycles. The van der Waals surface area contributed by atoms with Crippen LogP contribution in [0.25, 0.3) is 0 Å². The third-order valence-corrected chi connectivity index (χ3v) is 5.08. The number of hydrogen-bond acceptors (Lipinski definition) is 3. The Labute approximate surface area is 120 Å². The molecule has 0 aromatic carbocycles. The lowest BCUT2D eigenvalue weighted by molar-refractivity contribution is -0.144. The molecule has 0 aromatic heterocycles. The van der Waals surface area contributed by atoms with Crippen molar-refractivity contribution in [1.29, 1.82) is 0 Å². The quantitative estimate of drug-likeness (QED) is 0.762. The van der Waals surface area contributed by atoms with Crippen molar-refractivity contribution >= 4 is 34.9 Å². The first kappa shape index (κ1) is 15.8. The molecule has 1 atom stereocenters. The molecular formula is C13H24N2OS2. The number of thiocarbonyl (C=S) groups is 1. The minimum Gasteiger partial charge on any atom is -0.392 e. The highest BCUT2D eigenvalue weighted by Gasteiger charge is 2.52. The zero-order valence-corrected chi connectivity index (χ0v) is 13.4. The predicted molar refractivity (Wildman–Crippen MR) is 82.8 cm³/mol. The summed E-state index contributed by atoms with van der Waals surface area (Å²) in [6.07, 6.45) is 4.64. The monoisotopic (exact) mass is 288 g/mol. The van der Waals surface area contributed by atoms with E-state index in [1.807, 2.05) is 11.9 Å². The third-order valence-electron chi connectivity index (χ3n) is 3.97. The van der Waals surface area contributed by atoms with Crippen molar-refractivity contribution in [3.05, 3.63) is 0 Å². The maximum absolute atomic E-state index is 12.7. The Morgan fingerprint density at radius 3 is 2.50 bits per heavy atom. The molecule has 0 radical (unpaired) electrons. The van der Waals surface area contributed by atoms with Gasteiger partial charge in [-0.1, -0.05) is 26.1 Å². The van der Waals surface area contributed by atoms with Crippen LogP contribution in [-0.4, -0.2) is 40.9 Å². The Kier molecular flexibility index (Phi) is 5.46. The Morgan fingerprint density at radius 2 is 2.17 bits per heavy atom. The first-order chi connectivity index (χ1) is 8.39. The number of nitrogens with two attached hydrogens (primary N) is 1. The van der Waals surface area contributed by atoms with Gasteiger partial charge in [0.2, 0.25) is 5.91 Å².